The standard InChI is InChI=1S/C32H40FN3O4S/c1-24(2)22-34-32(38)30(21-26-12-6-5-7-13-26)35(23-27-14-9-8-11-25(27)3)31(37)15-10-20-36(41(4,39)40)29-18-16-28(33)17-19-29/h5-9,11-14,16-19,24,30H,10,15,20-23H2,1-4H3,(H,34,38)/t30-/m0/s1. The maximum absolute atomic E-state index is 13.9. The number of benzene rings is 3. The molecule has 0 aliphatic carbocycles. The van der Waals surface area contributed by atoms with Crippen LogP contribution in [0.3, 0.4) is 0 Å². The van der Waals surface area contributed by atoms with Gasteiger partial charge in [-0.15, -0.1) is 0 Å². The number of anilines is 1. The Kier molecular flexibility index (Phi) is 11.5. The molecule has 1 atom stereocenters. The second-order valence-electron chi connectivity index (χ2n) is 10.7. The Hall–Kier alpha value is -3.72. The van der Waals surface area contributed by atoms with Crippen LogP contribution in [-0.2, 0) is 32.6 Å². The fourth-order valence-corrected chi connectivity index (χ4v) is 5.52. The molecule has 0 heterocycles. The van der Waals surface area contributed by atoms with E-state index in [9.17, 15) is 22.4 Å². The summed E-state index contributed by atoms with van der Waals surface area (Å²) >= 11 is 0. The molecule has 1 N–H and O–H groups in total. The van der Waals surface area contributed by atoms with Gasteiger partial charge >= 0.3 is 0 Å². The van der Waals surface area contributed by atoms with Gasteiger partial charge in [0, 0.05) is 32.5 Å². The van der Waals surface area contributed by atoms with Crippen LogP contribution in [0.25, 0.3) is 0 Å². The van der Waals surface area contributed by atoms with Gasteiger partial charge in [0.1, 0.15) is 11.9 Å². The molecular weight excluding hydrogens is 541 g/mol. The van der Waals surface area contributed by atoms with E-state index in [0.29, 0.717) is 18.7 Å². The lowest BCUT2D eigenvalue weighted by Gasteiger charge is -2.32. The molecule has 3 aromatic rings. The monoisotopic (exact) mass is 581 g/mol. The first kappa shape index (κ1) is 31.8. The van der Waals surface area contributed by atoms with Crippen LogP contribution in [0, 0.1) is 18.7 Å². The molecule has 3 rings (SSSR count). The quantitative estimate of drug-likeness (QED) is 0.287. The summed E-state index contributed by atoms with van der Waals surface area (Å²) in [5, 5.41) is 3.01. The van der Waals surface area contributed by atoms with E-state index in [1.165, 1.54) is 28.6 Å². The number of carbonyl (C=O) groups is 2. The van der Waals surface area contributed by atoms with Crippen LogP contribution in [0.2, 0.25) is 0 Å². The number of nitrogens with zero attached hydrogens (tertiary/aromatic N) is 2. The van der Waals surface area contributed by atoms with Gasteiger partial charge in [0.25, 0.3) is 0 Å². The van der Waals surface area contributed by atoms with E-state index in [1.54, 1.807) is 4.90 Å². The largest absolute Gasteiger partial charge is 0.354 e. The number of sulfonamides is 1. The molecule has 0 aromatic heterocycles. The minimum atomic E-state index is -3.67. The Morgan fingerprint density at radius 2 is 1.56 bits per heavy atom. The fraction of sp³-hybridized carbons (Fsp3) is 0.375. The molecule has 0 bridgehead atoms. The average molecular weight is 582 g/mol. The third-order valence-corrected chi connectivity index (χ3v) is 8.02. The Morgan fingerprint density at radius 1 is 0.927 bits per heavy atom. The summed E-state index contributed by atoms with van der Waals surface area (Å²) in [5.41, 5.74) is 3.19. The highest BCUT2D eigenvalue weighted by atomic mass is 32.2. The first-order valence-electron chi connectivity index (χ1n) is 13.8. The zero-order valence-electron chi connectivity index (χ0n) is 24.2. The van der Waals surface area contributed by atoms with Crippen molar-refractivity contribution in [1.82, 2.24) is 10.2 Å². The third kappa shape index (κ3) is 9.70. The van der Waals surface area contributed by atoms with Crippen LogP contribution >= 0.6 is 0 Å². The van der Waals surface area contributed by atoms with Gasteiger partial charge in [-0.3, -0.25) is 13.9 Å². The summed E-state index contributed by atoms with van der Waals surface area (Å²) < 4.78 is 39.6. The van der Waals surface area contributed by atoms with E-state index in [0.717, 1.165) is 22.9 Å². The Balaban J connectivity index is 1.88. The van der Waals surface area contributed by atoms with Crippen LogP contribution in [0.15, 0.2) is 78.9 Å². The SMILES string of the molecule is Cc1ccccc1CN(C(=O)CCCN(c1ccc(F)cc1)S(C)(=O)=O)[C@@H](Cc1ccccc1)C(=O)NCC(C)C. The molecule has 41 heavy (non-hydrogen) atoms. The molecule has 9 heteroatoms. The van der Waals surface area contributed by atoms with E-state index in [1.807, 2.05) is 75.4 Å². The third-order valence-electron chi connectivity index (χ3n) is 6.82. The highest BCUT2D eigenvalue weighted by Gasteiger charge is 2.31. The molecule has 2 amide bonds. The first-order valence-corrected chi connectivity index (χ1v) is 15.7. The molecule has 0 fully saturated rings. The van der Waals surface area contributed by atoms with E-state index >= 15 is 0 Å². The zero-order valence-corrected chi connectivity index (χ0v) is 25.0. The molecule has 220 valence electrons. The predicted molar refractivity (Wildman–Crippen MR) is 161 cm³/mol. The maximum Gasteiger partial charge on any atom is 0.243 e. The van der Waals surface area contributed by atoms with Crippen molar-refractivity contribution in [2.45, 2.75) is 52.6 Å². The van der Waals surface area contributed by atoms with Crippen molar-refractivity contribution in [2.75, 3.05) is 23.7 Å². The molecule has 0 spiro atoms. The van der Waals surface area contributed by atoms with Gasteiger partial charge < -0.3 is 10.2 Å². The van der Waals surface area contributed by atoms with Crippen molar-refractivity contribution < 1.29 is 22.4 Å². The first-order chi connectivity index (χ1) is 19.5. The lowest BCUT2D eigenvalue weighted by atomic mass is 10.0. The summed E-state index contributed by atoms with van der Waals surface area (Å²) in [6, 6.07) is 21.8. The number of amides is 2. The highest BCUT2D eigenvalue weighted by Crippen LogP contribution is 2.21. The number of halogens is 1. The number of nitrogens with one attached hydrogen (secondary N) is 1. The predicted octanol–water partition coefficient (Wildman–Crippen LogP) is 5.09. The van der Waals surface area contributed by atoms with Gasteiger partial charge in [-0.1, -0.05) is 68.4 Å². The molecule has 0 aliphatic heterocycles. The Bertz CT molecular complexity index is 1400. The number of carbonyl (C=O) groups excluding carboxylic acids is 2. The highest BCUT2D eigenvalue weighted by molar-refractivity contribution is 7.92. The molecule has 0 aliphatic rings. The minimum Gasteiger partial charge on any atom is -0.354 e. The normalized spacial score (nSPS) is 12.1. The second kappa shape index (κ2) is 14.8. The van der Waals surface area contributed by atoms with Crippen LogP contribution < -0.4 is 9.62 Å². The summed E-state index contributed by atoms with van der Waals surface area (Å²) in [6.45, 7) is 6.76. The van der Waals surface area contributed by atoms with Crippen molar-refractivity contribution in [1.29, 1.82) is 0 Å². The van der Waals surface area contributed by atoms with Gasteiger partial charge in [-0.25, -0.2) is 12.8 Å². The Morgan fingerprint density at radius 3 is 2.17 bits per heavy atom. The van der Waals surface area contributed by atoms with Crippen molar-refractivity contribution in [3.63, 3.8) is 0 Å². The lowest BCUT2D eigenvalue weighted by Crippen LogP contribution is -2.51. The Labute approximate surface area is 243 Å². The van der Waals surface area contributed by atoms with Gasteiger partial charge in [-0.2, -0.15) is 0 Å². The van der Waals surface area contributed by atoms with Crippen molar-refractivity contribution in [3.05, 3.63) is 101 Å². The van der Waals surface area contributed by atoms with Crippen molar-refractivity contribution in [2.24, 2.45) is 5.92 Å². The molecule has 0 unspecified atom stereocenters. The van der Waals surface area contributed by atoms with E-state index < -0.39 is 21.9 Å². The fourth-order valence-electron chi connectivity index (χ4n) is 4.56. The van der Waals surface area contributed by atoms with Gasteiger partial charge in [0.2, 0.25) is 21.8 Å². The minimum absolute atomic E-state index is 0.0296. The number of hydrogen-bond donors (Lipinski definition) is 1. The van der Waals surface area contributed by atoms with E-state index in [2.05, 4.69) is 5.32 Å². The lowest BCUT2D eigenvalue weighted by molar-refractivity contribution is -0.141. The molecule has 0 saturated heterocycles. The zero-order chi connectivity index (χ0) is 30.0. The van der Waals surface area contributed by atoms with Crippen LogP contribution in [0.4, 0.5) is 10.1 Å². The molecule has 7 nitrogen and oxygen atoms in total. The summed E-state index contributed by atoms with van der Waals surface area (Å²) in [7, 11) is -3.67. The smallest absolute Gasteiger partial charge is 0.243 e. The van der Waals surface area contributed by atoms with Crippen LogP contribution in [0.1, 0.15) is 43.4 Å². The van der Waals surface area contributed by atoms with Gasteiger partial charge in [0.15, 0.2) is 0 Å². The molecule has 0 radical (unpaired) electrons. The number of aryl methyl sites for hydroxylation is 1. The molecule has 3 aromatic carbocycles. The summed E-state index contributed by atoms with van der Waals surface area (Å²) in [5.74, 6) is -0.704. The van der Waals surface area contributed by atoms with Crippen LogP contribution in [-0.4, -0.2) is 50.5 Å². The van der Waals surface area contributed by atoms with Crippen LogP contribution in [0.5, 0.6) is 0 Å². The number of rotatable bonds is 14. The van der Waals surface area contributed by atoms with Gasteiger partial charge in [-0.05, 0) is 60.2 Å². The topological polar surface area (TPSA) is 86.8 Å². The van der Waals surface area contributed by atoms with Crippen molar-refractivity contribution >= 4 is 27.5 Å². The van der Waals surface area contributed by atoms with Crippen molar-refractivity contribution in [3.8, 4) is 0 Å². The van der Waals surface area contributed by atoms with E-state index in [4.69, 9.17) is 0 Å². The average Bonchev–Trinajstić information content (AvgIpc) is 2.93. The maximum atomic E-state index is 13.9. The summed E-state index contributed by atoms with van der Waals surface area (Å²) in [6.07, 6.45) is 1.67. The van der Waals surface area contributed by atoms with Gasteiger partial charge in [0.05, 0.1) is 11.9 Å². The summed E-state index contributed by atoms with van der Waals surface area (Å²) in [4.78, 5) is 29.1. The van der Waals surface area contributed by atoms with E-state index in [-0.39, 0.29) is 43.7 Å². The number of hydrogen-bond acceptors (Lipinski definition) is 4. The molecular formula is C32H40FN3O4S. The molecule has 0 saturated carbocycles. The second-order valence-corrected chi connectivity index (χ2v) is 12.6.